The van der Waals surface area contributed by atoms with Crippen LogP contribution in [-0.2, 0) is 25.5 Å². The summed E-state index contributed by atoms with van der Waals surface area (Å²) in [4.78, 5) is 24.9. The zero-order valence-electron chi connectivity index (χ0n) is 15.4. The van der Waals surface area contributed by atoms with E-state index in [1.54, 1.807) is 0 Å². The molecule has 2 N–H and O–H groups in total. The Hall–Kier alpha value is -2.18. The Morgan fingerprint density at radius 2 is 1.67 bits per heavy atom. The fourth-order valence-electron chi connectivity index (χ4n) is 4.42. The fraction of sp³-hybridized carbons (Fsp3) is 0.524. The van der Waals surface area contributed by atoms with Gasteiger partial charge in [0.05, 0.1) is 25.3 Å². The highest BCUT2D eigenvalue weighted by atomic mass is 16.6. The van der Waals surface area contributed by atoms with Crippen molar-refractivity contribution < 1.29 is 19.1 Å². The van der Waals surface area contributed by atoms with Crippen LogP contribution < -0.4 is 10.6 Å². The number of ether oxygens (including phenoxy) is 2. The van der Waals surface area contributed by atoms with Crippen LogP contribution in [0.4, 0.5) is 0 Å². The predicted molar refractivity (Wildman–Crippen MR) is 98.8 cm³/mol. The molecule has 0 aromatic heterocycles. The summed E-state index contributed by atoms with van der Waals surface area (Å²) in [6, 6.07) is 7.83. The molecule has 0 spiro atoms. The van der Waals surface area contributed by atoms with Gasteiger partial charge in [-0.05, 0) is 36.5 Å². The standard InChI is InChI=1S/C21H24N2O4/c1-11-14-5-3-2-4-13(14)8-15(11)21(25)23-17-10-27-18-16(9-26-19(17)18)22-20(24)12-6-7-12/h2-5,12,16-19H,6-10H2,1H3,(H,22,24)(H,23,25)/t16-,17-,18+,19+/m0/s1. The lowest BCUT2D eigenvalue weighted by molar-refractivity contribution is -0.123. The normalized spacial score (nSPS) is 31.6. The highest BCUT2D eigenvalue weighted by Crippen LogP contribution is 2.34. The minimum atomic E-state index is -0.205. The molecule has 1 aromatic rings. The average molecular weight is 368 g/mol. The van der Waals surface area contributed by atoms with E-state index in [4.69, 9.17) is 9.47 Å². The maximum Gasteiger partial charge on any atom is 0.248 e. The summed E-state index contributed by atoms with van der Waals surface area (Å²) in [7, 11) is 0. The van der Waals surface area contributed by atoms with E-state index in [9.17, 15) is 9.59 Å². The third kappa shape index (κ3) is 2.97. The number of allylic oxidation sites excluding steroid dienone is 1. The number of hydrogen-bond donors (Lipinski definition) is 2. The van der Waals surface area contributed by atoms with Gasteiger partial charge >= 0.3 is 0 Å². The number of amides is 2. The van der Waals surface area contributed by atoms with Crippen molar-refractivity contribution in [2.45, 2.75) is 50.5 Å². The lowest BCUT2D eigenvalue weighted by Gasteiger charge is -2.19. The number of nitrogens with one attached hydrogen (secondary N) is 2. The first kappa shape index (κ1) is 17.0. The van der Waals surface area contributed by atoms with Crippen LogP contribution in [0.5, 0.6) is 0 Å². The van der Waals surface area contributed by atoms with E-state index in [1.165, 1.54) is 5.56 Å². The second kappa shape index (κ2) is 6.46. The molecule has 3 fully saturated rings. The molecule has 142 valence electrons. The van der Waals surface area contributed by atoms with Crippen molar-refractivity contribution in [1.82, 2.24) is 10.6 Å². The Balaban J connectivity index is 1.23. The highest BCUT2D eigenvalue weighted by Gasteiger charge is 2.49. The van der Waals surface area contributed by atoms with Gasteiger partial charge in [0.1, 0.15) is 12.2 Å². The predicted octanol–water partition coefficient (Wildman–Crippen LogP) is 1.19. The Bertz CT molecular complexity index is 829. The zero-order valence-corrected chi connectivity index (χ0v) is 15.4. The van der Waals surface area contributed by atoms with E-state index in [0.29, 0.717) is 19.6 Å². The summed E-state index contributed by atoms with van der Waals surface area (Å²) in [5.74, 6) is 0.219. The van der Waals surface area contributed by atoms with Gasteiger partial charge in [0.15, 0.2) is 0 Å². The third-order valence-corrected chi connectivity index (χ3v) is 6.16. The molecule has 2 aliphatic heterocycles. The van der Waals surface area contributed by atoms with Crippen molar-refractivity contribution >= 4 is 17.4 Å². The molecule has 1 aromatic carbocycles. The number of fused-ring (bicyclic) bond motifs is 2. The van der Waals surface area contributed by atoms with Gasteiger partial charge < -0.3 is 20.1 Å². The van der Waals surface area contributed by atoms with Gasteiger partial charge in [0.25, 0.3) is 0 Å². The molecule has 0 radical (unpaired) electrons. The number of carbonyl (C=O) groups excluding carboxylic acids is 2. The molecule has 2 amide bonds. The second-order valence-electron chi connectivity index (χ2n) is 8.00. The molecule has 2 aliphatic carbocycles. The van der Waals surface area contributed by atoms with E-state index in [2.05, 4.69) is 22.8 Å². The third-order valence-electron chi connectivity index (χ3n) is 6.16. The van der Waals surface area contributed by atoms with Gasteiger partial charge in [-0.2, -0.15) is 0 Å². The van der Waals surface area contributed by atoms with Crippen molar-refractivity contribution in [3.8, 4) is 0 Å². The smallest absolute Gasteiger partial charge is 0.248 e. The van der Waals surface area contributed by atoms with Gasteiger partial charge in [0.2, 0.25) is 11.8 Å². The largest absolute Gasteiger partial charge is 0.371 e. The summed E-state index contributed by atoms with van der Waals surface area (Å²) in [5, 5.41) is 6.16. The van der Waals surface area contributed by atoms with E-state index in [-0.39, 0.29) is 42.0 Å². The Kier molecular flexibility index (Phi) is 4.06. The summed E-state index contributed by atoms with van der Waals surface area (Å²) >= 11 is 0. The summed E-state index contributed by atoms with van der Waals surface area (Å²) in [5.41, 5.74) is 4.21. The summed E-state index contributed by atoms with van der Waals surface area (Å²) in [6.45, 7) is 2.85. The van der Waals surface area contributed by atoms with E-state index >= 15 is 0 Å². The maximum atomic E-state index is 12.9. The Labute approximate surface area is 158 Å². The molecule has 6 heteroatoms. The van der Waals surface area contributed by atoms with E-state index in [0.717, 1.165) is 29.6 Å². The van der Waals surface area contributed by atoms with Gasteiger partial charge in [-0.1, -0.05) is 24.3 Å². The van der Waals surface area contributed by atoms with Crippen LogP contribution in [0.1, 0.15) is 30.9 Å². The molecule has 1 saturated carbocycles. The number of benzene rings is 1. The summed E-state index contributed by atoms with van der Waals surface area (Å²) < 4.78 is 11.8. The molecule has 2 saturated heterocycles. The monoisotopic (exact) mass is 368 g/mol. The molecule has 5 rings (SSSR count). The Morgan fingerprint density at radius 1 is 1.00 bits per heavy atom. The maximum absolute atomic E-state index is 12.9. The first-order valence-corrected chi connectivity index (χ1v) is 9.74. The summed E-state index contributed by atoms with van der Waals surface area (Å²) in [6.07, 6.45) is 2.22. The van der Waals surface area contributed by atoms with Crippen LogP contribution >= 0.6 is 0 Å². The zero-order chi connectivity index (χ0) is 18.5. The SMILES string of the molecule is CC1=C(C(=O)N[C@H]2CO[C@H]3[C@@H]2OC[C@@H]3NC(=O)C2CC2)Cc2ccccc21. The second-order valence-corrected chi connectivity index (χ2v) is 8.00. The highest BCUT2D eigenvalue weighted by molar-refractivity contribution is 6.03. The number of hydrogen-bond acceptors (Lipinski definition) is 4. The van der Waals surface area contributed by atoms with Crippen molar-refractivity contribution in [2.75, 3.05) is 13.2 Å². The van der Waals surface area contributed by atoms with E-state index in [1.807, 2.05) is 19.1 Å². The van der Waals surface area contributed by atoms with Crippen molar-refractivity contribution in [3.63, 3.8) is 0 Å². The first-order chi connectivity index (χ1) is 13.1. The van der Waals surface area contributed by atoms with E-state index < -0.39 is 0 Å². The van der Waals surface area contributed by atoms with Crippen LogP contribution in [-0.4, -0.2) is 49.3 Å². The quantitative estimate of drug-likeness (QED) is 0.837. The lowest BCUT2D eigenvalue weighted by atomic mass is 10.0. The first-order valence-electron chi connectivity index (χ1n) is 9.74. The van der Waals surface area contributed by atoms with Crippen LogP contribution in [0.25, 0.3) is 5.57 Å². The van der Waals surface area contributed by atoms with Crippen LogP contribution in [0.3, 0.4) is 0 Å². The molecule has 0 unspecified atom stereocenters. The van der Waals surface area contributed by atoms with Gasteiger partial charge in [-0.25, -0.2) is 0 Å². The topological polar surface area (TPSA) is 76.7 Å². The number of rotatable bonds is 4. The Morgan fingerprint density at radius 3 is 2.33 bits per heavy atom. The van der Waals surface area contributed by atoms with Crippen molar-refractivity contribution in [3.05, 3.63) is 41.0 Å². The minimum absolute atomic E-state index is 0.0491. The average Bonchev–Trinajstić information content (AvgIpc) is 3.23. The van der Waals surface area contributed by atoms with Crippen molar-refractivity contribution in [1.29, 1.82) is 0 Å². The molecule has 0 bridgehead atoms. The molecule has 4 aliphatic rings. The molecule has 4 atom stereocenters. The molecular weight excluding hydrogens is 344 g/mol. The van der Waals surface area contributed by atoms with Gasteiger partial charge in [0, 0.05) is 17.9 Å². The van der Waals surface area contributed by atoms with Crippen LogP contribution in [0, 0.1) is 5.92 Å². The lowest BCUT2D eigenvalue weighted by Crippen LogP contribution is -2.47. The van der Waals surface area contributed by atoms with Crippen LogP contribution in [0.15, 0.2) is 29.8 Å². The van der Waals surface area contributed by atoms with Gasteiger partial charge in [-0.3, -0.25) is 9.59 Å². The van der Waals surface area contributed by atoms with Crippen LogP contribution in [0.2, 0.25) is 0 Å². The molecule has 27 heavy (non-hydrogen) atoms. The number of carbonyl (C=O) groups is 2. The molecule has 6 nitrogen and oxygen atoms in total. The van der Waals surface area contributed by atoms with Crippen molar-refractivity contribution in [2.24, 2.45) is 5.92 Å². The molecular formula is C21H24N2O4. The van der Waals surface area contributed by atoms with Gasteiger partial charge in [-0.15, -0.1) is 0 Å². The molecule has 2 heterocycles. The minimum Gasteiger partial charge on any atom is -0.371 e. The fourth-order valence-corrected chi connectivity index (χ4v) is 4.42.